The molecular weight excluding hydrogens is 236 g/mol. The zero-order valence-electron chi connectivity index (χ0n) is 11.6. The van der Waals surface area contributed by atoms with Crippen molar-refractivity contribution in [1.29, 1.82) is 5.26 Å². The summed E-state index contributed by atoms with van der Waals surface area (Å²) in [5, 5.41) is 12.5. The molecule has 3 nitrogen and oxygen atoms in total. The van der Waals surface area contributed by atoms with E-state index in [9.17, 15) is 5.26 Å². The second kappa shape index (κ2) is 6.70. The molecule has 0 spiro atoms. The van der Waals surface area contributed by atoms with Crippen molar-refractivity contribution < 1.29 is 4.74 Å². The van der Waals surface area contributed by atoms with Gasteiger partial charge in [-0.15, -0.1) is 0 Å². The van der Waals surface area contributed by atoms with E-state index < -0.39 is 5.54 Å². The van der Waals surface area contributed by atoms with Gasteiger partial charge in [0.05, 0.1) is 12.7 Å². The van der Waals surface area contributed by atoms with E-state index in [4.69, 9.17) is 4.74 Å². The van der Waals surface area contributed by atoms with E-state index in [0.717, 1.165) is 25.7 Å². The van der Waals surface area contributed by atoms with Gasteiger partial charge in [0.15, 0.2) is 0 Å². The van der Waals surface area contributed by atoms with E-state index in [1.165, 1.54) is 5.56 Å². The molecule has 1 atom stereocenters. The molecule has 1 aromatic rings. The molecule has 0 heterocycles. The smallest absolute Gasteiger partial charge is 0.132 e. The molecule has 0 radical (unpaired) electrons. The van der Waals surface area contributed by atoms with Crippen LogP contribution < -0.4 is 5.32 Å². The van der Waals surface area contributed by atoms with Gasteiger partial charge in [0.25, 0.3) is 0 Å². The van der Waals surface area contributed by atoms with Gasteiger partial charge in [-0.05, 0) is 44.2 Å². The second-order valence-electron chi connectivity index (χ2n) is 5.25. The predicted octanol–water partition coefficient (Wildman–Crippen LogP) is 2.53. The number of benzene rings is 1. The van der Waals surface area contributed by atoms with Gasteiger partial charge in [0.2, 0.25) is 0 Å². The monoisotopic (exact) mass is 258 g/mol. The van der Waals surface area contributed by atoms with Gasteiger partial charge in [0, 0.05) is 6.61 Å². The number of rotatable bonds is 8. The highest BCUT2D eigenvalue weighted by atomic mass is 16.5. The molecule has 102 valence electrons. The van der Waals surface area contributed by atoms with Crippen LogP contribution in [0.4, 0.5) is 0 Å². The summed E-state index contributed by atoms with van der Waals surface area (Å²) in [4.78, 5) is 0. The van der Waals surface area contributed by atoms with Gasteiger partial charge in [-0.3, -0.25) is 0 Å². The molecule has 0 saturated heterocycles. The zero-order valence-corrected chi connectivity index (χ0v) is 11.6. The van der Waals surface area contributed by atoms with Crippen LogP contribution in [0.15, 0.2) is 30.3 Å². The number of nitrogens with one attached hydrogen (secondary N) is 1. The Kier molecular flexibility index (Phi) is 4.95. The SMILES string of the molecule is CNC(C#N)(COCCCc1ccccc1)C1CC1. The highest BCUT2D eigenvalue weighted by molar-refractivity contribution is 5.15. The third-order valence-corrected chi connectivity index (χ3v) is 3.85. The molecule has 0 amide bonds. The van der Waals surface area contributed by atoms with E-state index in [2.05, 4.69) is 35.7 Å². The van der Waals surface area contributed by atoms with Gasteiger partial charge in [-0.2, -0.15) is 5.26 Å². The van der Waals surface area contributed by atoms with E-state index in [-0.39, 0.29) is 0 Å². The summed E-state index contributed by atoms with van der Waals surface area (Å²) < 4.78 is 5.72. The Morgan fingerprint density at radius 1 is 1.37 bits per heavy atom. The fourth-order valence-electron chi connectivity index (χ4n) is 2.41. The molecule has 3 heteroatoms. The Morgan fingerprint density at radius 2 is 2.11 bits per heavy atom. The van der Waals surface area contributed by atoms with E-state index in [1.54, 1.807) is 0 Å². The Bertz CT molecular complexity index is 422. The molecular formula is C16H22N2O. The van der Waals surface area contributed by atoms with Crippen LogP contribution in [0.5, 0.6) is 0 Å². The molecule has 1 unspecified atom stereocenters. The van der Waals surface area contributed by atoms with Crippen LogP contribution in [0.3, 0.4) is 0 Å². The zero-order chi connectivity index (χ0) is 13.6. The standard InChI is InChI=1S/C16H22N2O/c1-18-16(12-17,15-9-10-15)13-19-11-5-8-14-6-3-2-4-7-14/h2-4,6-7,15,18H,5,8-11,13H2,1H3. The molecule has 0 bridgehead atoms. The van der Waals surface area contributed by atoms with Crippen molar-refractivity contribution in [3.8, 4) is 6.07 Å². The lowest BCUT2D eigenvalue weighted by Gasteiger charge is -2.25. The van der Waals surface area contributed by atoms with Crippen molar-refractivity contribution in [2.45, 2.75) is 31.2 Å². The number of likely N-dealkylation sites (N-methyl/N-ethyl adjacent to an activating group) is 1. The first-order chi connectivity index (χ1) is 9.30. The fraction of sp³-hybridized carbons (Fsp3) is 0.562. The van der Waals surface area contributed by atoms with Crippen LogP contribution in [-0.4, -0.2) is 25.8 Å². The van der Waals surface area contributed by atoms with Crippen LogP contribution >= 0.6 is 0 Å². The second-order valence-corrected chi connectivity index (χ2v) is 5.25. The van der Waals surface area contributed by atoms with Gasteiger partial charge in [-0.1, -0.05) is 30.3 Å². The Morgan fingerprint density at radius 3 is 2.68 bits per heavy atom. The molecule has 1 aliphatic carbocycles. The van der Waals surface area contributed by atoms with Gasteiger partial charge < -0.3 is 10.1 Å². The average Bonchev–Trinajstić information content (AvgIpc) is 3.29. The molecule has 19 heavy (non-hydrogen) atoms. The van der Waals surface area contributed by atoms with E-state index in [0.29, 0.717) is 19.1 Å². The summed E-state index contributed by atoms with van der Waals surface area (Å²) in [6.45, 7) is 1.21. The van der Waals surface area contributed by atoms with Crippen LogP contribution in [0.25, 0.3) is 0 Å². The predicted molar refractivity (Wildman–Crippen MR) is 75.7 cm³/mol. The third-order valence-electron chi connectivity index (χ3n) is 3.85. The lowest BCUT2D eigenvalue weighted by atomic mass is 9.96. The van der Waals surface area contributed by atoms with Crippen molar-refractivity contribution >= 4 is 0 Å². The largest absolute Gasteiger partial charge is 0.378 e. The molecule has 1 fully saturated rings. The highest BCUT2D eigenvalue weighted by Crippen LogP contribution is 2.39. The van der Waals surface area contributed by atoms with Crippen molar-refractivity contribution in [2.75, 3.05) is 20.3 Å². The first kappa shape index (κ1) is 14.0. The molecule has 1 aliphatic rings. The van der Waals surface area contributed by atoms with Crippen LogP contribution in [0.2, 0.25) is 0 Å². The molecule has 1 aromatic carbocycles. The molecule has 2 rings (SSSR count). The van der Waals surface area contributed by atoms with Gasteiger partial charge in [0.1, 0.15) is 5.54 Å². The van der Waals surface area contributed by atoms with E-state index in [1.807, 2.05) is 13.1 Å². The summed E-state index contributed by atoms with van der Waals surface area (Å²) in [5.41, 5.74) is 0.876. The van der Waals surface area contributed by atoms with Gasteiger partial charge in [-0.25, -0.2) is 0 Å². The minimum atomic E-state index is -0.466. The van der Waals surface area contributed by atoms with Crippen LogP contribution in [0, 0.1) is 17.2 Å². The van der Waals surface area contributed by atoms with Crippen LogP contribution in [0.1, 0.15) is 24.8 Å². The Hall–Kier alpha value is -1.37. The summed E-state index contributed by atoms with van der Waals surface area (Å²) in [5.74, 6) is 0.469. The first-order valence-electron chi connectivity index (χ1n) is 7.02. The maximum Gasteiger partial charge on any atom is 0.132 e. The molecule has 1 N–H and O–H groups in total. The van der Waals surface area contributed by atoms with Crippen LogP contribution in [-0.2, 0) is 11.2 Å². The van der Waals surface area contributed by atoms with Crippen molar-refractivity contribution in [3.63, 3.8) is 0 Å². The molecule has 0 aliphatic heterocycles. The molecule has 1 saturated carbocycles. The number of nitriles is 1. The van der Waals surface area contributed by atoms with Gasteiger partial charge >= 0.3 is 0 Å². The van der Waals surface area contributed by atoms with Crippen molar-refractivity contribution in [2.24, 2.45) is 5.92 Å². The minimum Gasteiger partial charge on any atom is -0.378 e. The lowest BCUT2D eigenvalue weighted by Crippen LogP contribution is -2.48. The maximum atomic E-state index is 9.33. The minimum absolute atomic E-state index is 0.466. The number of nitrogens with zero attached hydrogens (tertiary/aromatic N) is 1. The fourth-order valence-corrected chi connectivity index (χ4v) is 2.41. The summed E-state index contributed by atoms with van der Waals surface area (Å²) in [6.07, 6.45) is 4.31. The normalized spacial score (nSPS) is 17.7. The topological polar surface area (TPSA) is 45.0 Å². The average molecular weight is 258 g/mol. The lowest BCUT2D eigenvalue weighted by molar-refractivity contribution is 0.0825. The first-order valence-corrected chi connectivity index (χ1v) is 7.02. The third kappa shape index (κ3) is 3.79. The highest BCUT2D eigenvalue weighted by Gasteiger charge is 2.44. The van der Waals surface area contributed by atoms with Crippen molar-refractivity contribution in [3.05, 3.63) is 35.9 Å². The quantitative estimate of drug-likeness (QED) is 0.729. The molecule has 0 aromatic heterocycles. The van der Waals surface area contributed by atoms with E-state index >= 15 is 0 Å². The van der Waals surface area contributed by atoms with Crippen molar-refractivity contribution in [1.82, 2.24) is 5.32 Å². The number of hydrogen-bond donors (Lipinski definition) is 1. The number of aryl methyl sites for hydroxylation is 1. The Balaban J connectivity index is 1.67. The maximum absolute atomic E-state index is 9.33. The Labute approximate surface area is 115 Å². The summed E-state index contributed by atoms with van der Waals surface area (Å²) >= 11 is 0. The number of hydrogen-bond acceptors (Lipinski definition) is 3. The summed E-state index contributed by atoms with van der Waals surface area (Å²) in [7, 11) is 1.86. The number of ether oxygens (including phenoxy) is 1. The summed E-state index contributed by atoms with van der Waals surface area (Å²) in [6, 6.07) is 12.8.